The lowest BCUT2D eigenvalue weighted by Gasteiger charge is -2.01. The molecular weight excluding hydrogens is 326 g/mol. The molecule has 0 spiro atoms. The van der Waals surface area contributed by atoms with E-state index in [1.807, 2.05) is 0 Å². The number of esters is 1. The Morgan fingerprint density at radius 3 is 2.38 bits per heavy atom. The number of rotatable bonds is 7. The zero-order valence-corrected chi connectivity index (χ0v) is 14.7. The largest absolute Gasteiger partial charge is 0.462 e. The van der Waals surface area contributed by atoms with Crippen LogP contribution in [0.15, 0.2) is 24.3 Å². The van der Waals surface area contributed by atoms with Crippen molar-refractivity contribution < 1.29 is 19.1 Å². The van der Waals surface area contributed by atoms with E-state index in [9.17, 15) is 14.4 Å². The van der Waals surface area contributed by atoms with Gasteiger partial charge in [0.1, 0.15) is 15.7 Å². The van der Waals surface area contributed by atoms with Crippen LogP contribution in [0, 0.1) is 6.92 Å². The molecule has 0 unspecified atom stereocenters. The smallest absolute Gasteiger partial charge is 0.350 e. The second-order valence-electron chi connectivity index (χ2n) is 5.42. The maximum Gasteiger partial charge on any atom is 0.350 e. The van der Waals surface area contributed by atoms with Gasteiger partial charge in [0.25, 0.3) is 0 Å². The lowest BCUT2D eigenvalue weighted by molar-refractivity contribution is -0.116. The van der Waals surface area contributed by atoms with Crippen molar-refractivity contribution in [3.05, 3.63) is 51.0 Å². The van der Waals surface area contributed by atoms with E-state index in [0.717, 1.165) is 5.56 Å². The van der Waals surface area contributed by atoms with E-state index in [-0.39, 0.29) is 18.0 Å². The molecule has 2 rings (SSSR count). The quantitative estimate of drug-likeness (QED) is 0.569. The molecule has 0 amide bonds. The standard InChI is InChI=1S/C18H19NO4S/c1-4-23-18(22)17-12(3)19-16(24-17)10-15(21)14-7-5-13(6-8-14)9-11(2)20/h5-8H,4,9-10H2,1-3H3. The highest BCUT2D eigenvalue weighted by Gasteiger charge is 2.18. The van der Waals surface area contributed by atoms with Gasteiger partial charge in [-0.1, -0.05) is 24.3 Å². The molecular formula is C18H19NO4S. The number of carbonyl (C=O) groups excluding carboxylic acids is 3. The summed E-state index contributed by atoms with van der Waals surface area (Å²) >= 11 is 1.19. The highest BCUT2D eigenvalue weighted by Crippen LogP contribution is 2.21. The summed E-state index contributed by atoms with van der Waals surface area (Å²) in [6, 6.07) is 7.00. The minimum absolute atomic E-state index is 0.0754. The Morgan fingerprint density at radius 1 is 1.12 bits per heavy atom. The summed E-state index contributed by atoms with van der Waals surface area (Å²) in [5, 5.41) is 0.591. The number of hydrogen-bond acceptors (Lipinski definition) is 6. The second-order valence-corrected chi connectivity index (χ2v) is 6.50. The second kappa shape index (κ2) is 7.97. The highest BCUT2D eigenvalue weighted by atomic mass is 32.1. The van der Waals surface area contributed by atoms with Crippen molar-refractivity contribution in [3.8, 4) is 0 Å². The Balaban J connectivity index is 2.08. The molecule has 2 aromatic rings. The van der Waals surface area contributed by atoms with Gasteiger partial charge < -0.3 is 4.74 Å². The minimum atomic E-state index is -0.403. The number of Topliss-reactive ketones (excluding diaryl/α,β-unsaturated/α-hetero) is 2. The monoisotopic (exact) mass is 345 g/mol. The molecule has 0 saturated heterocycles. The summed E-state index contributed by atoms with van der Waals surface area (Å²) in [7, 11) is 0. The van der Waals surface area contributed by atoms with Crippen LogP contribution in [0.1, 0.15) is 50.1 Å². The Hall–Kier alpha value is -2.34. The van der Waals surface area contributed by atoms with Crippen LogP contribution in [0.5, 0.6) is 0 Å². The van der Waals surface area contributed by atoms with E-state index < -0.39 is 5.97 Å². The lowest BCUT2D eigenvalue weighted by atomic mass is 10.0. The van der Waals surface area contributed by atoms with Crippen molar-refractivity contribution >= 4 is 28.9 Å². The SMILES string of the molecule is CCOC(=O)c1sc(CC(=O)c2ccc(CC(C)=O)cc2)nc1C. The first-order valence-electron chi connectivity index (χ1n) is 7.65. The predicted molar refractivity (Wildman–Crippen MR) is 91.7 cm³/mol. The molecule has 0 aliphatic carbocycles. The van der Waals surface area contributed by atoms with Crippen molar-refractivity contribution in [1.82, 2.24) is 4.98 Å². The van der Waals surface area contributed by atoms with Crippen molar-refractivity contribution in [2.75, 3.05) is 6.61 Å². The van der Waals surface area contributed by atoms with E-state index in [1.54, 1.807) is 38.1 Å². The first kappa shape index (κ1) is 18.0. The third-order valence-electron chi connectivity index (χ3n) is 3.34. The number of ether oxygens (including phenoxy) is 1. The molecule has 0 saturated carbocycles. The zero-order valence-electron chi connectivity index (χ0n) is 13.9. The molecule has 1 heterocycles. The van der Waals surface area contributed by atoms with E-state index in [4.69, 9.17) is 4.74 Å². The van der Waals surface area contributed by atoms with Crippen molar-refractivity contribution in [2.24, 2.45) is 0 Å². The van der Waals surface area contributed by atoms with Gasteiger partial charge in [-0.3, -0.25) is 9.59 Å². The molecule has 0 aliphatic heterocycles. The Labute approximate surface area is 144 Å². The van der Waals surface area contributed by atoms with Crippen LogP contribution in [0.2, 0.25) is 0 Å². The fourth-order valence-corrected chi connectivity index (χ4v) is 3.21. The minimum Gasteiger partial charge on any atom is -0.462 e. The lowest BCUT2D eigenvalue weighted by Crippen LogP contribution is -2.04. The van der Waals surface area contributed by atoms with Crippen molar-refractivity contribution in [1.29, 1.82) is 0 Å². The van der Waals surface area contributed by atoms with Gasteiger partial charge in [-0.25, -0.2) is 9.78 Å². The van der Waals surface area contributed by atoms with Gasteiger partial charge >= 0.3 is 5.97 Å². The van der Waals surface area contributed by atoms with E-state index in [0.29, 0.717) is 34.2 Å². The Kier molecular flexibility index (Phi) is 5.98. The van der Waals surface area contributed by atoms with Crippen LogP contribution in [-0.4, -0.2) is 29.1 Å². The zero-order chi connectivity index (χ0) is 17.7. The summed E-state index contributed by atoms with van der Waals surface area (Å²) in [5.41, 5.74) is 2.03. The number of thiazole rings is 1. The molecule has 0 aliphatic rings. The molecule has 0 fully saturated rings. The van der Waals surface area contributed by atoms with Gasteiger partial charge in [-0.2, -0.15) is 0 Å². The van der Waals surface area contributed by atoms with Gasteiger partial charge in [0.2, 0.25) is 0 Å². The van der Waals surface area contributed by atoms with Crippen molar-refractivity contribution in [2.45, 2.75) is 33.6 Å². The topological polar surface area (TPSA) is 73.3 Å². The number of ketones is 2. The molecule has 6 heteroatoms. The van der Waals surface area contributed by atoms with Gasteiger partial charge in [-0.15, -0.1) is 11.3 Å². The van der Waals surface area contributed by atoms with Crippen molar-refractivity contribution in [3.63, 3.8) is 0 Å². The normalized spacial score (nSPS) is 10.5. The maximum absolute atomic E-state index is 12.3. The first-order chi connectivity index (χ1) is 11.4. The molecule has 1 aromatic heterocycles. The van der Waals surface area contributed by atoms with Gasteiger partial charge in [0, 0.05) is 12.0 Å². The van der Waals surface area contributed by atoms with E-state index in [2.05, 4.69) is 4.98 Å². The summed E-state index contributed by atoms with van der Waals surface area (Å²) in [6.45, 7) is 5.31. The van der Waals surface area contributed by atoms with Gasteiger partial charge in [-0.05, 0) is 26.3 Å². The van der Waals surface area contributed by atoms with Crippen LogP contribution in [0.4, 0.5) is 0 Å². The molecule has 5 nitrogen and oxygen atoms in total. The fourth-order valence-electron chi connectivity index (χ4n) is 2.25. The summed E-state index contributed by atoms with van der Waals surface area (Å²) in [6.07, 6.45) is 0.500. The summed E-state index contributed by atoms with van der Waals surface area (Å²) in [5.74, 6) is -0.396. The van der Waals surface area contributed by atoms with Crippen LogP contribution >= 0.6 is 11.3 Å². The number of aromatic nitrogens is 1. The Morgan fingerprint density at radius 2 is 1.79 bits per heavy atom. The van der Waals surface area contributed by atoms with Crippen LogP contribution < -0.4 is 0 Å². The average molecular weight is 345 g/mol. The number of carbonyl (C=O) groups is 3. The molecule has 0 radical (unpaired) electrons. The van der Waals surface area contributed by atoms with Gasteiger partial charge in [0.15, 0.2) is 5.78 Å². The van der Waals surface area contributed by atoms with E-state index in [1.165, 1.54) is 18.3 Å². The predicted octanol–water partition coefficient (Wildman–Crippen LogP) is 3.19. The summed E-state index contributed by atoms with van der Waals surface area (Å²) < 4.78 is 4.98. The molecule has 0 bridgehead atoms. The third kappa shape index (κ3) is 4.58. The summed E-state index contributed by atoms with van der Waals surface area (Å²) in [4.78, 5) is 40.0. The number of benzene rings is 1. The van der Waals surface area contributed by atoms with Crippen LogP contribution in [0.25, 0.3) is 0 Å². The molecule has 24 heavy (non-hydrogen) atoms. The highest BCUT2D eigenvalue weighted by molar-refractivity contribution is 7.13. The molecule has 0 N–H and O–H groups in total. The molecule has 1 aromatic carbocycles. The van der Waals surface area contributed by atoms with Gasteiger partial charge in [0.05, 0.1) is 18.7 Å². The first-order valence-corrected chi connectivity index (χ1v) is 8.47. The van der Waals surface area contributed by atoms with E-state index >= 15 is 0 Å². The number of aryl methyl sites for hydroxylation is 1. The number of hydrogen-bond donors (Lipinski definition) is 0. The molecule has 126 valence electrons. The third-order valence-corrected chi connectivity index (χ3v) is 4.48. The average Bonchev–Trinajstić information content (AvgIpc) is 2.88. The van der Waals surface area contributed by atoms with Crippen LogP contribution in [-0.2, 0) is 22.4 Å². The fraction of sp³-hybridized carbons (Fsp3) is 0.333. The van der Waals surface area contributed by atoms with Crippen LogP contribution in [0.3, 0.4) is 0 Å². The molecule has 0 atom stereocenters. The number of nitrogens with zero attached hydrogens (tertiary/aromatic N) is 1. The Bertz CT molecular complexity index is 762. The maximum atomic E-state index is 12.3.